The summed E-state index contributed by atoms with van der Waals surface area (Å²) in [6.07, 6.45) is 2.15. The van der Waals surface area contributed by atoms with Crippen LogP contribution in [0.4, 0.5) is 0 Å². The molecule has 152 valence electrons. The van der Waals surface area contributed by atoms with E-state index in [0.717, 1.165) is 24.1 Å². The van der Waals surface area contributed by atoms with Gasteiger partial charge in [0.25, 0.3) is 0 Å². The average molecular weight is 393 g/mol. The van der Waals surface area contributed by atoms with Crippen molar-refractivity contribution in [3.8, 4) is 0 Å². The molecule has 29 heavy (non-hydrogen) atoms. The van der Waals surface area contributed by atoms with E-state index in [1.807, 2.05) is 65.6 Å². The molecule has 0 unspecified atom stereocenters. The SMILES string of the molecule is O=C(NCCCN1CCCC1=O)C(=O)N(Cc1ccccc1)Cc1ccccc1. The Morgan fingerprint density at radius 3 is 2.03 bits per heavy atom. The summed E-state index contributed by atoms with van der Waals surface area (Å²) in [5.41, 5.74) is 1.94. The van der Waals surface area contributed by atoms with Gasteiger partial charge in [-0.1, -0.05) is 60.7 Å². The van der Waals surface area contributed by atoms with Gasteiger partial charge in [-0.15, -0.1) is 0 Å². The van der Waals surface area contributed by atoms with E-state index in [0.29, 0.717) is 39.0 Å². The fourth-order valence-corrected chi connectivity index (χ4v) is 3.44. The molecular formula is C23H27N3O3. The van der Waals surface area contributed by atoms with Crippen molar-refractivity contribution in [1.29, 1.82) is 0 Å². The maximum atomic E-state index is 12.8. The van der Waals surface area contributed by atoms with Crippen molar-refractivity contribution in [2.24, 2.45) is 0 Å². The van der Waals surface area contributed by atoms with Crippen LogP contribution in [-0.4, -0.2) is 47.2 Å². The lowest BCUT2D eigenvalue weighted by Crippen LogP contribution is -2.43. The molecule has 3 rings (SSSR count). The topological polar surface area (TPSA) is 69.7 Å². The van der Waals surface area contributed by atoms with E-state index in [1.54, 1.807) is 4.90 Å². The van der Waals surface area contributed by atoms with Crippen molar-refractivity contribution in [1.82, 2.24) is 15.1 Å². The van der Waals surface area contributed by atoms with E-state index in [-0.39, 0.29) is 5.91 Å². The van der Waals surface area contributed by atoms with Crippen LogP contribution in [0.2, 0.25) is 0 Å². The highest BCUT2D eigenvalue weighted by atomic mass is 16.2. The van der Waals surface area contributed by atoms with Gasteiger partial charge in [0.15, 0.2) is 0 Å². The first-order chi connectivity index (χ1) is 14.1. The zero-order valence-electron chi connectivity index (χ0n) is 16.5. The van der Waals surface area contributed by atoms with E-state index in [1.165, 1.54) is 0 Å². The third kappa shape index (κ3) is 6.17. The lowest BCUT2D eigenvalue weighted by atomic mass is 10.1. The minimum atomic E-state index is -0.607. The molecule has 3 amide bonds. The van der Waals surface area contributed by atoms with Gasteiger partial charge in [0, 0.05) is 39.1 Å². The normalized spacial score (nSPS) is 13.4. The predicted molar refractivity (Wildman–Crippen MR) is 111 cm³/mol. The van der Waals surface area contributed by atoms with Crippen LogP contribution < -0.4 is 5.32 Å². The molecular weight excluding hydrogens is 366 g/mol. The lowest BCUT2D eigenvalue weighted by molar-refractivity contribution is -0.146. The minimum Gasteiger partial charge on any atom is -0.348 e. The number of amides is 3. The van der Waals surface area contributed by atoms with Gasteiger partial charge in [-0.25, -0.2) is 0 Å². The van der Waals surface area contributed by atoms with Crippen LogP contribution in [0, 0.1) is 0 Å². The summed E-state index contributed by atoms with van der Waals surface area (Å²) in [7, 11) is 0. The number of likely N-dealkylation sites (tertiary alicyclic amines) is 1. The molecule has 0 bridgehead atoms. The first kappa shape index (κ1) is 20.6. The third-order valence-corrected chi connectivity index (χ3v) is 4.98. The van der Waals surface area contributed by atoms with Gasteiger partial charge in [0.05, 0.1) is 0 Å². The zero-order valence-corrected chi connectivity index (χ0v) is 16.5. The van der Waals surface area contributed by atoms with E-state index in [4.69, 9.17) is 0 Å². The third-order valence-electron chi connectivity index (χ3n) is 4.98. The molecule has 1 fully saturated rings. The lowest BCUT2D eigenvalue weighted by Gasteiger charge is -2.22. The molecule has 1 heterocycles. The number of nitrogens with one attached hydrogen (secondary N) is 1. The van der Waals surface area contributed by atoms with E-state index in [2.05, 4.69) is 5.32 Å². The largest absolute Gasteiger partial charge is 0.348 e. The Morgan fingerprint density at radius 1 is 0.931 bits per heavy atom. The highest BCUT2D eigenvalue weighted by molar-refractivity contribution is 6.34. The summed E-state index contributed by atoms with van der Waals surface area (Å²) in [5, 5.41) is 2.71. The second kappa shape index (κ2) is 10.4. The predicted octanol–water partition coefficient (Wildman–Crippen LogP) is 2.34. The van der Waals surface area contributed by atoms with Crippen LogP contribution in [0.1, 0.15) is 30.4 Å². The Hall–Kier alpha value is -3.15. The van der Waals surface area contributed by atoms with Crippen molar-refractivity contribution in [3.63, 3.8) is 0 Å². The Balaban J connectivity index is 1.55. The number of benzene rings is 2. The monoisotopic (exact) mass is 393 g/mol. The van der Waals surface area contributed by atoms with Crippen molar-refractivity contribution in [3.05, 3.63) is 71.8 Å². The van der Waals surface area contributed by atoms with Crippen LogP contribution in [-0.2, 0) is 27.5 Å². The molecule has 0 saturated carbocycles. The van der Waals surface area contributed by atoms with Crippen LogP contribution in [0.3, 0.4) is 0 Å². The maximum Gasteiger partial charge on any atom is 0.312 e. The number of hydrogen-bond donors (Lipinski definition) is 1. The fraction of sp³-hybridized carbons (Fsp3) is 0.348. The first-order valence-corrected chi connectivity index (χ1v) is 10.1. The van der Waals surface area contributed by atoms with Gasteiger partial charge in [0.2, 0.25) is 5.91 Å². The number of rotatable bonds is 8. The maximum absolute atomic E-state index is 12.8. The van der Waals surface area contributed by atoms with Gasteiger partial charge in [0.1, 0.15) is 0 Å². The number of nitrogens with zero attached hydrogens (tertiary/aromatic N) is 2. The quantitative estimate of drug-likeness (QED) is 0.553. The Labute approximate surface area is 171 Å². The second-order valence-corrected chi connectivity index (χ2v) is 7.23. The molecule has 6 heteroatoms. The standard InChI is InChI=1S/C23H27N3O3/c27-21-13-7-15-25(21)16-8-14-24-22(28)23(29)26(17-19-9-3-1-4-10-19)18-20-11-5-2-6-12-20/h1-6,9-12H,7-8,13-18H2,(H,24,28). The van der Waals surface area contributed by atoms with Crippen LogP contribution >= 0.6 is 0 Å². The van der Waals surface area contributed by atoms with Crippen LogP contribution in [0.15, 0.2) is 60.7 Å². The summed E-state index contributed by atoms with van der Waals surface area (Å²) in [5.74, 6) is -0.983. The van der Waals surface area contributed by atoms with E-state index in [9.17, 15) is 14.4 Å². The Kier molecular flexibility index (Phi) is 7.39. The molecule has 0 aliphatic carbocycles. The van der Waals surface area contributed by atoms with E-state index < -0.39 is 11.8 Å². The molecule has 0 radical (unpaired) electrons. The highest BCUT2D eigenvalue weighted by Crippen LogP contribution is 2.11. The molecule has 2 aromatic carbocycles. The highest BCUT2D eigenvalue weighted by Gasteiger charge is 2.23. The van der Waals surface area contributed by atoms with E-state index >= 15 is 0 Å². The number of hydrogen-bond acceptors (Lipinski definition) is 3. The molecule has 1 saturated heterocycles. The van der Waals surface area contributed by atoms with Crippen molar-refractivity contribution in [2.45, 2.75) is 32.4 Å². The average Bonchev–Trinajstić information content (AvgIpc) is 3.16. The van der Waals surface area contributed by atoms with Gasteiger partial charge in [-0.05, 0) is 24.0 Å². The smallest absolute Gasteiger partial charge is 0.312 e. The molecule has 2 aromatic rings. The van der Waals surface area contributed by atoms with Crippen molar-refractivity contribution >= 4 is 17.7 Å². The molecule has 6 nitrogen and oxygen atoms in total. The van der Waals surface area contributed by atoms with Gasteiger partial charge in [-0.3, -0.25) is 14.4 Å². The zero-order chi connectivity index (χ0) is 20.5. The van der Waals surface area contributed by atoms with Gasteiger partial charge in [-0.2, -0.15) is 0 Å². The van der Waals surface area contributed by atoms with Gasteiger partial charge < -0.3 is 15.1 Å². The van der Waals surface area contributed by atoms with Crippen LogP contribution in [0.5, 0.6) is 0 Å². The molecule has 1 N–H and O–H groups in total. The Bertz CT molecular complexity index is 782. The summed E-state index contributed by atoms with van der Waals surface area (Å²) >= 11 is 0. The number of carbonyl (C=O) groups is 3. The second-order valence-electron chi connectivity index (χ2n) is 7.23. The molecule has 0 spiro atoms. The van der Waals surface area contributed by atoms with Gasteiger partial charge >= 0.3 is 11.8 Å². The summed E-state index contributed by atoms with van der Waals surface area (Å²) in [6, 6.07) is 19.3. The Morgan fingerprint density at radius 2 is 1.52 bits per heavy atom. The molecule has 1 aliphatic rings. The first-order valence-electron chi connectivity index (χ1n) is 10.1. The summed E-state index contributed by atoms with van der Waals surface area (Å²) in [6.45, 7) is 2.51. The van der Waals surface area contributed by atoms with Crippen LogP contribution in [0.25, 0.3) is 0 Å². The molecule has 1 aliphatic heterocycles. The number of carbonyl (C=O) groups excluding carboxylic acids is 3. The molecule has 0 atom stereocenters. The van der Waals surface area contributed by atoms with Crippen molar-refractivity contribution in [2.75, 3.05) is 19.6 Å². The fourth-order valence-electron chi connectivity index (χ4n) is 3.44. The summed E-state index contributed by atoms with van der Waals surface area (Å²) in [4.78, 5) is 40.2. The summed E-state index contributed by atoms with van der Waals surface area (Å²) < 4.78 is 0. The van der Waals surface area contributed by atoms with Crippen molar-refractivity contribution < 1.29 is 14.4 Å². The minimum absolute atomic E-state index is 0.171. The molecule has 0 aromatic heterocycles.